The molecule has 1 heterocycles. The molecule has 4 N–H and O–H groups in total. The Morgan fingerprint density at radius 3 is 2.73 bits per heavy atom. The lowest BCUT2D eigenvalue weighted by Crippen LogP contribution is -2.34. The molecule has 0 saturated carbocycles. The van der Waals surface area contributed by atoms with E-state index in [0.29, 0.717) is 22.0 Å². The standard InChI is InChI=1S/C15H18N2O5/c1-8(18)16-7-13(19)14(20)9-3-4-12-10(5-9)11(6-17-12)15(21)22-2/h3-6,13-14,17,19-20H,7H2,1-2H3,(H,16,18). The highest BCUT2D eigenvalue weighted by Crippen LogP contribution is 2.25. The number of H-pyrrole nitrogens is 1. The summed E-state index contributed by atoms with van der Waals surface area (Å²) >= 11 is 0. The van der Waals surface area contributed by atoms with Gasteiger partial charge >= 0.3 is 5.97 Å². The van der Waals surface area contributed by atoms with Gasteiger partial charge in [-0.05, 0) is 17.7 Å². The molecule has 118 valence electrons. The molecule has 0 aliphatic rings. The van der Waals surface area contributed by atoms with Crippen molar-refractivity contribution in [3.8, 4) is 0 Å². The fraction of sp³-hybridized carbons (Fsp3) is 0.333. The van der Waals surface area contributed by atoms with Crippen molar-refractivity contribution in [2.75, 3.05) is 13.7 Å². The number of hydrogen-bond donors (Lipinski definition) is 4. The second kappa shape index (κ2) is 6.59. The van der Waals surface area contributed by atoms with Crippen molar-refractivity contribution in [1.82, 2.24) is 10.3 Å². The first-order valence-electron chi connectivity index (χ1n) is 6.74. The predicted molar refractivity (Wildman–Crippen MR) is 79.3 cm³/mol. The first-order valence-corrected chi connectivity index (χ1v) is 6.74. The van der Waals surface area contributed by atoms with Gasteiger partial charge in [0.15, 0.2) is 0 Å². The van der Waals surface area contributed by atoms with Gasteiger partial charge in [0.05, 0.1) is 12.7 Å². The number of ether oxygens (including phenoxy) is 1. The molecule has 22 heavy (non-hydrogen) atoms. The Bertz CT molecular complexity index is 694. The van der Waals surface area contributed by atoms with Gasteiger partial charge in [0, 0.05) is 30.6 Å². The van der Waals surface area contributed by atoms with E-state index >= 15 is 0 Å². The Kier molecular flexibility index (Phi) is 4.79. The van der Waals surface area contributed by atoms with Crippen LogP contribution in [-0.2, 0) is 9.53 Å². The molecule has 0 aliphatic heterocycles. The van der Waals surface area contributed by atoms with Crippen molar-refractivity contribution >= 4 is 22.8 Å². The van der Waals surface area contributed by atoms with Gasteiger partial charge in [0.2, 0.25) is 5.91 Å². The number of nitrogens with one attached hydrogen (secondary N) is 2. The van der Waals surface area contributed by atoms with Crippen LogP contribution in [0.1, 0.15) is 28.9 Å². The summed E-state index contributed by atoms with van der Waals surface area (Å²) in [5.74, 6) is -0.781. The van der Waals surface area contributed by atoms with E-state index in [9.17, 15) is 19.8 Å². The molecule has 7 nitrogen and oxygen atoms in total. The maximum atomic E-state index is 11.7. The summed E-state index contributed by atoms with van der Waals surface area (Å²) < 4.78 is 4.70. The van der Waals surface area contributed by atoms with Gasteiger partial charge in [0.1, 0.15) is 12.2 Å². The van der Waals surface area contributed by atoms with Crippen molar-refractivity contribution in [3.05, 3.63) is 35.5 Å². The minimum absolute atomic E-state index is 0.0640. The molecular formula is C15H18N2O5. The van der Waals surface area contributed by atoms with E-state index in [2.05, 4.69) is 10.3 Å². The van der Waals surface area contributed by atoms with Crippen LogP contribution in [0.15, 0.2) is 24.4 Å². The number of carbonyl (C=O) groups is 2. The molecule has 0 saturated heterocycles. The summed E-state index contributed by atoms with van der Waals surface area (Å²) in [5, 5.41) is 23.1. The summed E-state index contributed by atoms with van der Waals surface area (Å²) in [6.07, 6.45) is -0.807. The molecule has 0 fully saturated rings. The van der Waals surface area contributed by atoms with Crippen LogP contribution >= 0.6 is 0 Å². The summed E-state index contributed by atoms with van der Waals surface area (Å²) in [6.45, 7) is 1.26. The van der Waals surface area contributed by atoms with Gasteiger partial charge in [0.25, 0.3) is 0 Å². The highest BCUT2D eigenvalue weighted by atomic mass is 16.5. The number of esters is 1. The molecule has 2 aromatic rings. The number of aromatic nitrogens is 1. The minimum Gasteiger partial charge on any atom is -0.465 e. The van der Waals surface area contributed by atoms with Gasteiger partial charge in [-0.2, -0.15) is 0 Å². The Hall–Kier alpha value is -2.38. The van der Waals surface area contributed by atoms with Gasteiger partial charge in [-0.25, -0.2) is 4.79 Å². The van der Waals surface area contributed by atoms with Crippen molar-refractivity contribution in [1.29, 1.82) is 0 Å². The van der Waals surface area contributed by atoms with Crippen LogP contribution in [-0.4, -0.2) is 46.8 Å². The van der Waals surface area contributed by atoms with Crippen LogP contribution in [0.2, 0.25) is 0 Å². The van der Waals surface area contributed by atoms with Crippen LogP contribution in [0.3, 0.4) is 0 Å². The topological polar surface area (TPSA) is 112 Å². The molecule has 2 atom stereocenters. The second-order valence-electron chi connectivity index (χ2n) is 4.95. The third-order valence-corrected chi connectivity index (χ3v) is 3.38. The SMILES string of the molecule is COC(=O)c1c[nH]c2ccc(C(O)C(O)CNC(C)=O)cc12. The first kappa shape index (κ1) is 16.0. The van der Waals surface area contributed by atoms with Crippen LogP contribution < -0.4 is 5.32 Å². The number of aromatic amines is 1. The molecule has 0 radical (unpaired) electrons. The number of methoxy groups -OCH3 is 1. The number of amides is 1. The lowest BCUT2D eigenvalue weighted by Gasteiger charge is -2.18. The lowest BCUT2D eigenvalue weighted by molar-refractivity contribution is -0.119. The highest BCUT2D eigenvalue weighted by Gasteiger charge is 2.20. The van der Waals surface area contributed by atoms with Gasteiger partial charge in [-0.3, -0.25) is 4.79 Å². The van der Waals surface area contributed by atoms with Crippen LogP contribution in [0.4, 0.5) is 0 Å². The Balaban J connectivity index is 2.27. The van der Waals surface area contributed by atoms with Crippen molar-refractivity contribution in [3.63, 3.8) is 0 Å². The van der Waals surface area contributed by atoms with E-state index in [-0.39, 0.29) is 12.5 Å². The van der Waals surface area contributed by atoms with E-state index in [0.717, 1.165) is 0 Å². The first-order chi connectivity index (χ1) is 10.4. The van der Waals surface area contributed by atoms with E-state index in [4.69, 9.17) is 4.74 Å². The maximum Gasteiger partial charge on any atom is 0.340 e. The van der Waals surface area contributed by atoms with E-state index in [1.807, 2.05) is 0 Å². The Morgan fingerprint density at radius 1 is 1.36 bits per heavy atom. The van der Waals surface area contributed by atoms with E-state index in [1.54, 1.807) is 18.2 Å². The number of rotatable bonds is 5. The number of benzene rings is 1. The zero-order valence-corrected chi connectivity index (χ0v) is 12.3. The zero-order valence-electron chi connectivity index (χ0n) is 12.3. The quantitative estimate of drug-likeness (QED) is 0.601. The van der Waals surface area contributed by atoms with E-state index in [1.165, 1.54) is 20.2 Å². The third-order valence-electron chi connectivity index (χ3n) is 3.38. The number of aliphatic hydroxyl groups excluding tert-OH is 2. The minimum atomic E-state index is -1.18. The molecular weight excluding hydrogens is 288 g/mol. The predicted octanol–water partition coefficient (Wildman–Crippen LogP) is 0.485. The lowest BCUT2D eigenvalue weighted by atomic mass is 10.0. The Labute approximate surface area is 126 Å². The normalized spacial score (nSPS) is 13.6. The number of hydrogen-bond acceptors (Lipinski definition) is 5. The molecule has 0 aliphatic carbocycles. The summed E-state index contributed by atoms with van der Waals surface area (Å²) in [6, 6.07) is 4.95. The fourth-order valence-electron chi connectivity index (χ4n) is 2.18. The van der Waals surface area contributed by atoms with Gasteiger partial charge in [-0.1, -0.05) is 6.07 Å². The largest absolute Gasteiger partial charge is 0.465 e. The molecule has 0 spiro atoms. The third kappa shape index (κ3) is 3.26. The van der Waals surface area contributed by atoms with Gasteiger partial charge in [-0.15, -0.1) is 0 Å². The molecule has 7 heteroatoms. The average molecular weight is 306 g/mol. The summed E-state index contributed by atoms with van der Waals surface area (Å²) in [5.41, 5.74) is 1.51. The van der Waals surface area contributed by atoms with Crippen LogP contribution in [0.5, 0.6) is 0 Å². The molecule has 2 unspecified atom stereocenters. The zero-order chi connectivity index (χ0) is 16.3. The summed E-state index contributed by atoms with van der Waals surface area (Å²) in [7, 11) is 1.29. The smallest absolute Gasteiger partial charge is 0.340 e. The molecule has 1 amide bonds. The summed E-state index contributed by atoms with van der Waals surface area (Å²) in [4.78, 5) is 25.5. The van der Waals surface area contributed by atoms with Crippen molar-refractivity contribution in [2.45, 2.75) is 19.1 Å². The Morgan fingerprint density at radius 2 is 2.09 bits per heavy atom. The van der Waals surface area contributed by atoms with Gasteiger partial charge < -0.3 is 25.3 Å². The van der Waals surface area contributed by atoms with Crippen LogP contribution in [0.25, 0.3) is 10.9 Å². The second-order valence-corrected chi connectivity index (χ2v) is 4.95. The molecule has 1 aromatic carbocycles. The highest BCUT2D eigenvalue weighted by molar-refractivity contribution is 6.04. The molecule has 1 aromatic heterocycles. The monoisotopic (exact) mass is 306 g/mol. The average Bonchev–Trinajstić information content (AvgIpc) is 2.93. The van der Waals surface area contributed by atoms with Crippen molar-refractivity contribution in [2.24, 2.45) is 0 Å². The number of fused-ring (bicyclic) bond motifs is 1. The number of aliphatic hydroxyl groups is 2. The fourth-order valence-corrected chi connectivity index (χ4v) is 2.18. The van der Waals surface area contributed by atoms with Crippen molar-refractivity contribution < 1.29 is 24.5 Å². The molecule has 2 rings (SSSR count). The number of carbonyl (C=O) groups excluding carboxylic acids is 2. The maximum absolute atomic E-state index is 11.7. The molecule has 0 bridgehead atoms. The van der Waals surface area contributed by atoms with E-state index < -0.39 is 18.2 Å². The van der Waals surface area contributed by atoms with Crippen LogP contribution in [0, 0.1) is 0 Å².